The van der Waals surface area contributed by atoms with Crippen molar-refractivity contribution in [2.75, 3.05) is 48.0 Å². The summed E-state index contributed by atoms with van der Waals surface area (Å²) < 4.78 is 25.7. The fourth-order valence-corrected chi connectivity index (χ4v) is 5.29. The number of benzene rings is 2. The quantitative estimate of drug-likeness (QED) is 0.497. The molecule has 0 saturated heterocycles. The largest absolute Gasteiger partial charge is 0.497 e. The summed E-state index contributed by atoms with van der Waals surface area (Å²) in [5.41, 5.74) is 5.52. The Bertz CT molecular complexity index is 1000. The molecular formula is C25H35N3O4S. The van der Waals surface area contributed by atoms with Crippen LogP contribution in [0.2, 0.25) is 0 Å². The first-order valence-electron chi connectivity index (χ1n) is 11.1. The van der Waals surface area contributed by atoms with Gasteiger partial charge >= 0.3 is 0 Å². The molecule has 1 aliphatic heterocycles. The van der Waals surface area contributed by atoms with Gasteiger partial charge in [-0.25, -0.2) is 8.51 Å². The van der Waals surface area contributed by atoms with Crippen LogP contribution in [0.1, 0.15) is 27.8 Å². The lowest BCUT2D eigenvalue weighted by atomic mass is 10.1. The predicted octanol–water partition coefficient (Wildman–Crippen LogP) is 2.89. The summed E-state index contributed by atoms with van der Waals surface area (Å²) in [5.74, 6) is 0.735. The fourth-order valence-electron chi connectivity index (χ4n) is 4.07. The summed E-state index contributed by atoms with van der Waals surface area (Å²) in [6.45, 7) is 6.81. The zero-order chi connectivity index (χ0) is 24.1. The minimum atomic E-state index is -1.31. The number of aryl methyl sites for hydroxylation is 2. The van der Waals surface area contributed by atoms with Crippen LogP contribution in [-0.4, -0.2) is 72.2 Å². The smallest absolute Gasteiger partial charge is 0.249 e. The molecule has 3 rings (SSSR count). The summed E-state index contributed by atoms with van der Waals surface area (Å²) in [7, 11) is 6.21. The number of hydrogen-bond donors (Lipinski definition) is 0. The Morgan fingerprint density at radius 1 is 1.06 bits per heavy atom. The predicted molar refractivity (Wildman–Crippen MR) is 130 cm³/mol. The number of ether oxygens (including phenoxy) is 2. The van der Waals surface area contributed by atoms with Gasteiger partial charge < -0.3 is 19.3 Å². The number of nitrogens with zero attached hydrogens (tertiary/aromatic N) is 3. The number of rotatable bonds is 10. The van der Waals surface area contributed by atoms with Crippen molar-refractivity contribution in [2.24, 2.45) is 0 Å². The molecule has 2 aromatic rings. The lowest BCUT2D eigenvalue weighted by Gasteiger charge is -2.20. The van der Waals surface area contributed by atoms with Crippen molar-refractivity contribution < 1.29 is 18.5 Å². The van der Waals surface area contributed by atoms with E-state index < -0.39 is 11.0 Å². The molecule has 0 fully saturated rings. The molecule has 0 spiro atoms. The molecule has 33 heavy (non-hydrogen) atoms. The third kappa shape index (κ3) is 6.41. The third-order valence-corrected chi connectivity index (χ3v) is 7.49. The molecule has 0 radical (unpaired) electrons. The number of fused-ring (bicyclic) bond motifs is 1. The van der Waals surface area contributed by atoms with E-state index in [-0.39, 0.29) is 12.5 Å². The highest BCUT2D eigenvalue weighted by Gasteiger charge is 2.24. The van der Waals surface area contributed by atoms with Crippen LogP contribution in [0.4, 0.5) is 0 Å². The molecular weight excluding hydrogens is 438 g/mol. The number of carbonyl (C=O) groups excluding carboxylic acids is 1. The van der Waals surface area contributed by atoms with E-state index in [0.717, 1.165) is 28.3 Å². The van der Waals surface area contributed by atoms with E-state index in [9.17, 15) is 9.00 Å². The molecule has 1 unspecified atom stereocenters. The highest BCUT2D eigenvalue weighted by Crippen LogP contribution is 2.26. The van der Waals surface area contributed by atoms with E-state index in [1.165, 1.54) is 16.7 Å². The first kappa shape index (κ1) is 25.4. The maximum atomic E-state index is 13.0. The molecule has 8 heteroatoms. The van der Waals surface area contributed by atoms with E-state index in [0.29, 0.717) is 26.2 Å². The molecule has 1 aliphatic rings. The van der Waals surface area contributed by atoms with Gasteiger partial charge in [-0.15, -0.1) is 0 Å². The summed E-state index contributed by atoms with van der Waals surface area (Å²) in [5, 5.41) is 0. The Labute approximate surface area is 199 Å². The minimum Gasteiger partial charge on any atom is -0.497 e. The monoisotopic (exact) mass is 473 g/mol. The van der Waals surface area contributed by atoms with Crippen LogP contribution >= 0.6 is 0 Å². The molecule has 0 aliphatic carbocycles. The van der Waals surface area contributed by atoms with Crippen molar-refractivity contribution in [1.29, 1.82) is 0 Å². The lowest BCUT2D eigenvalue weighted by Crippen LogP contribution is -2.31. The van der Waals surface area contributed by atoms with Crippen molar-refractivity contribution >= 4 is 16.9 Å². The van der Waals surface area contributed by atoms with E-state index in [1.807, 2.05) is 45.0 Å². The average Bonchev–Trinajstić information content (AvgIpc) is 3.18. The van der Waals surface area contributed by atoms with Crippen LogP contribution in [0.25, 0.3) is 0 Å². The second-order valence-corrected chi connectivity index (χ2v) is 10.4. The van der Waals surface area contributed by atoms with E-state index >= 15 is 0 Å². The number of likely N-dealkylation sites (N-methyl/N-ethyl adjacent to an activating group) is 1. The molecule has 1 heterocycles. The number of methoxy groups -OCH3 is 1. The van der Waals surface area contributed by atoms with E-state index in [2.05, 4.69) is 23.1 Å². The maximum Gasteiger partial charge on any atom is 0.249 e. The molecule has 1 amide bonds. The van der Waals surface area contributed by atoms with Gasteiger partial charge in [-0.2, -0.15) is 0 Å². The fraction of sp³-hybridized carbons (Fsp3) is 0.480. The Kier molecular flexibility index (Phi) is 8.64. The summed E-state index contributed by atoms with van der Waals surface area (Å²) in [6.07, 6.45) is 0. The van der Waals surface area contributed by atoms with Crippen molar-refractivity contribution in [3.63, 3.8) is 0 Å². The highest BCUT2D eigenvalue weighted by molar-refractivity contribution is 7.82. The van der Waals surface area contributed by atoms with E-state index in [4.69, 9.17) is 9.47 Å². The Hall–Kier alpha value is -2.26. The normalized spacial score (nSPS) is 14.1. The Morgan fingerprint density at radius 2 is 1.73 bits per heavy atom. The van der Waals surface area contributed by atoms with Crippen molar-refractivity contribution in [2.45, 2.75) is 38.4 Å². The molecule has 0 saturated carbocycles. The second kappa shape index (κ2) is 11.2. The second-order valence-electron chi connectivity index (χ2n) is 8.83. The van der Waals surface area contributed by atoms with Gasteiger partial charge in [-0.1, -0.05) is 18.2 Å². The maximum absolute atomic E-state index is 13.0. The molecule has 180 valence electrons. The molecule has 7 nitrogen and oxygen atoms in total. The first-order chi connectivity index (χ1) is 15.7. The lowest BCUT2D eigenvalue weighted by molar-refractivity contribution is -0.136. The van der Waals surface area contributed by atoms with Gasteiger partial charge in [0.15, 0.2) is 0 Å². The summed E-state index contributed by atoms with van der Waals surface area (Å²) in [6, 6.07) is 10.2. The van der Waals surface area contributed by atoms with Gasteiger partial charge in [-0.05, 0) is 67.9 Å². The van der Waals surface area contributed by atoms with Gasteiger partial charge in [-0.3, -0.25) is 4.79 Å². The molecule has 1 atom stereocenters. The van der Waals surface area contributed by atoms with Crippen molar-refractivity contribution in [3.05, 3.63) is 58.1 Å². The highest BCUT2D eigenvalue weighted by atomic mass is 32.2. The van der Waals surface area contributed by atoms with Crippen LogP contribution in [-0.2, 0) is 40.2 Å². The van der Waals surface area contributed by atoms with Gasteiger partial charge in [0.05, 0.1) is 18.6 Å². The Balaban J connectivity index is 1.46. The van der Waals surface area contributed by atoms with Crippen LogP contribution < -0.4 is 4.74 Å². The van der Waals surface area contributed by atoms with Crippen LogP contribution in [0.15, 0.2) is 35.2 Å². The third-order valence-electron chi connectivity index (χ3n) is 5.75. The topological polar surface area (TPSA) is 62.3 Å². The number of amides is 1. The van der Waals surface area contributed by atoms with Crippen LogP contribution in [0.5, 0.6) is 5.75 Å². The van der Waals surface area contributed by atoms with Gasteiger partial charge in [0.1, 0.15) is 23.3 Å². The van der Waals surface area contributed by atoms with Gasteiger partial charge in [0.2, 0.25) is 5.91 Å². The molecule has 2 aromatic carbocycles. The average molecular weight is 474 g/mol. The summed E-state index contributed by atoms with van der Waals surface area (Å²) in [4.78, 5) is 17.4. The van der Waals surface area contributed by atoms with Gasteiger partial charge in [0, 0.05) is 33.2 Å². The van der Waals surface area contributed by atoms with E-state index in [1.54, 1.807) is 18.5 Å². The molecule has 0 N–H and O–H groups in total. The zero-order valence-electron chi connectivity index (χ0n) is 20.5. The summed E-state index contributed by atoms with van der Waals surface area (Å²) >= 11 is 0. The van der Waals surface area contributed by atoms with Crippen molar-refractivity contribution in [3.8, 4) is 5.75 Å². The minimum absolute atomic E-state index is 0.0222. The Morgan fingerprint density at radius 3 is 2.36 bits per heavy atom. The molecule has 0 aromatic heterocycles. The van der Waals surface area contributed by atoms with Crippen LogP contribution in [0.3, 0.4) is 0 Å². The SMILES string of the molecule is COc1cc(C)c(S(=O)N(C)CCOCC(=O)N2Cc3ccc(CN(C)C)cc3C2)c(C)c1. The standard InChI is InChI=1S/C25H35N3O4S/c1-18-11-23(31-6)12-19(2)25(18)33(30)27(5)9-10-32-17-24(29)28-15-21-8-7-20(14-26(3)4)13-22(21)16-28/h7-8,11-13H,9-10,14-17H2,1-6H3. The number of carbonyl (C=O) groups is 1. The zero-order valence-corrected chi connectivity index (χ0v) is 21.3. The van der Waals surface area contributed by atoms with Gasteiger partial charge in [0.25, 0.3) is 0 Å². The van der Waals surface area contributed by atoms with Crippen molar-refractivity contribution in [1.82, 2.24) is 14.1 Å². The van der Waals surface area contributed by atoms with Crippen LogP contribution in [0, 0.1) is 13.8 Å². The first-order valence-corrected chi connectivity index (χ1v) is 12.2. The number of hydrogen-bond acceptors (Lipinski definition) is 5. The molecule has 0 bridgehead atoms.